The van der Waals surface area contributed by atoms with E-state index >= 15 is 0 Å². The van der Waals surface area contributed by atoms with Crippen molar-refractivity contribution in [2.45, 2.75) is 136 Å². The summed E-state index contributed by atoms with van der Waals surface area (Å²) in [6.45, 7) is 13.8. The zero-order valence-electron chi connectivity index (χ0n) is 31.0. The Bertz CT molecular complexity index is 963. The van der Waals surface area contributed by atoms with Crippen molar-refractivity contribution in [3.05, 3.63) is 0 Å². The van der Waals surface area contributed by atoms with Gasteiger partial charge in [-0.05, 0) is 80.4 Å². The van der Waals surface area contributed by atoms with Crippen molar-refractivity contribution >= 4 is 23.9 Å². The number of ketones is 2. The summed E-state index contributed by atoms with van der Waals surface area (Å²) in [7, 11) is 7.16. The van der Waals surface area contributed by atoms with Gasteiger partial charge in [-0.15, -0.1) is 0 Å². The van der Waals surface area contributed by atoms with E-state index in [0.29, 0.717) is 38.6 Å². The largest absolute Gasteiger partial charge is 0.447 e. The van der Waals surface area contributed by atoms with E-state index in [9.17, 15) is 19.2 Å². The van der Waals surface area contributed by atoms with E-state index in [1.807, 2.05) is 48.7 Å². The van der Waals surface area contributed by atoms with Crippen LogP contribution in [0.4, 0.5) is 4.79 Å². The van der Waals surface area contributed by atoms with Gasteiger partial charge < -0.3 is 44.0 Å². The molecule has 1 fully saturated rings. The van der Waals surface area contributed by atoms with Crippen LogP contribution in [0.15, 0.2) is 0 Å². The summed E-state index contributed by atoms with van der Waals surface area (Å²) in [5.41, 5.74) is 4.61. The van der Waals surface area contributed by atoms with Gasteiger partial charge in [-0.25, -0.2) is 4.79 Å². The van der Waals surface area contributed by atoms with E-state index in [4.69, 9.17) is 29.4 Å². The van der Waals surface area contributed by atoms with E-state index in [2.05, 4.69) is 4.90 Å². The third kappa shape index (κ3) is 13.5. The lowest BCUT2D eigenvalue weighted by atomic mass is 9.77. The molecule has 47 heavy (non-hydrogen) atoms. The van der Waals surface area contributed by atoms with E-state index in [1.165, 1.54) is 0 Å². The maximum absolute atomic E-state index is 13.7. The molecule has 10 atom stereocenters. The number of carbonyl (C=O) groups excluding carboxylic acids is 4. The van der Waals surface area contributed by atoms with E-state index in [-0.39, 0.29) is 49.3 Å². The van der Waals surface area contributed by atoms with Crippen molar-refractivity contribution in [1.82, 2.24) is 9.80 Å². The van der Waals surface area contributed by atoms with Crippen LogP contribution in [-0.4, -0.2) is 124 Å². The van der Waals surface area contributed by atoms with Crippen LogP contribution >= 0.6 is 0 Å². The minimum Gasteiger partial charge on any atom is -0.447 e. The van der Waals surface area contributed by atoms with Crippen LogP contribution in [0.5, 0.6) is 0 Å². The van der Waals surface area contributed by atoms with Gasteiger partial charge in [-0.1, -0.05) is 20.8 Å². The molecular formula is C35H65N3O9. The first-order valence-electron chi connectivity index (χ1n) is 17.3. The number of unbranched alkanes of at least 4 members (excludes halogenated alkanes) is 1. The van der Waals surface area contributed by atoms with Gasteiger partial charge in [0.1, 0.15) is 24.5 Å². The van der Waals surface area contributed by atoms with E-state index in [0.717, 1.165) is 12.8 Å². The molecule has 1 aliphatic rings. The molecule has 274 valence electrons. The Labute approximate surface area is 283 Å². The lowest BCUT2D eigenvalue weighted by Crippen LogP contribution is -2.54. The van der Waals surface area contributed by atoms with Crippen LogP contribution in [0, 0.1) is 17.8 Å². The maximum Gasteiger partial charge on any atom is 0.410 e. The van der Waals surface area contributed by atoms with Crippen LogP contribution in [0.25, 0.3) is 0 Å². The summed E-state index contributed by atoms with van der Waals surface area (Å²) >= 11 is 0. The summed E-state index contributed by atoms with van der Waals surface area (Å²) in [4.78, 5) is 55.5. The Kier molecular flexibility index (Phi) is 19.4. The molecule has 7 unspecified atom stereocenters. The summed E-state index contributed by atoms with van der Waals surface area (Å²) < 4.78 is 29.8. The Morgan fingerprint density at radius 1 is 1.09 bits per heavy atom. The number of amides is 1. The van der Waals surface area contributed by atoms with Crippen LogP contribution in [-0.2, 0) is 38.1 Å². The van der Waals surface area contributed by atoms with E-state index < -0.39 is 47.9 Å². The molecule has 0 aromatic heterocycles. The highest BCUT2D eigenvalue weighted by atomic mass is 16.7. The van der Waals surface area contributed by atoms with Crippen LogP contribution < -0.4 is 5.73 Å². The first-order valence-corrected chi connectivity index (χ1v) is 17.3. The summed E-state index contributed by atoms with van der Waals surface area (Å²) in [5.74, 6) is -2.36. The number of hydrogen-bond donors (Lipinski definition) is 1. The quantitative estimate of drug-likeness (QED) is 0.0945. The minimum absolute atomic E-state index is 0.0562. The molecule has 0 bridgehead atoms. The maximum atomic E-state index is 13.7. The lowest BCUT2D eigenvalue weighted by molar-refractivity contribution is -0.262. The highest BCUT2D eigenvalue weighted by molar-refractivity contribution is 5.94. The standard InChI is InChI=1S/C35H65N3O9/c1-12-29(43-10)22-45-34(42)38(16-14-13-15-36)25(4)17-30(40)23(2)20-35(7,44-11)33(27(6)32(41)24(3)21-39)47-31-19-28(37(8)9)18-26(5)46-31/h21,23-29,31,33H,12-20,22,36H2,1-11H3/t23-,24?,25?,26?,27?,28?,29?,31?,33-,35-/m1/s1. The van der Waals surface area contributed by atoms with Crippen molar-refractivity contribution in [2.75, 3.05) is 48.0 Å². The second-order valence-electron chi connectivity index (χ2n) is 13.8. The van der Waals surface area contributed by atoms with Gasteiger partial charge in [0.05, 0.1) is 29.8 Å². The van der Waals surface area contributed by atoms with Crippen LogP contribution in [0.3, 0.4) is 0 Å². The van der Waals surface area contributed by atoms with E-state index in [1.54, 1.807) is 33.0 Å². The summed E-state index contributed by atoms with van der Waals surface area (Å²) in [5, 5.41) is 0. The third-order valence-electron chi connectivity index (χ3n) is 9.66. The minimum atomic E-state index is -1.08. The molecule has 0 saturated carbocycles. The molecule has 1 heterocycles. The highest BCUT2D eigenvalue weighted by Crippen LogP contribution is 2.36. The van der Waals surface area contributed by atoms with Crippen molar-refractivity contribution in [2.24, 2.45) is 23.5 Å². The normalized spacial score (nSPS) is 23.6. The molecule has 0 aromatic carbocycles. The van der Waals surface area contributed by atoms with Gasteiger partial charge in [0.15, 0.2) is 6.29 Å². The monoisotopic (exact) mass is 671 g/mol. The van der Waals surface area contributed by atoms with Crippen LogP contribution in [0.1, 0.15) is 93.4 Å². The number of hydrogen-bond acceptors (Lipinski definition) is 11. The number of carbonyl (C=O) groups is 4. The second-order valence-corrected chi connectivity index (χ2v) is 13.8. The summed E-state index contributed by atoms with van der Waals surface area (Å²) in [6, 6.07) is -0.199. The van der Waals surface area contributed by atoms with Gasteiger partial charge in [0, 0.05) is 57.5 Å². The van der Waals surface area contributed by atoms with Crippen LogP contribution in [0.2, 0.25) is 0 Å². The first kappa shape index (κ1) is 43.1. The Hall–Kier alpha value is -1.96. The first-order chi connectivity index (χ1) is 22.1. The van der Waals surface area contributed by atoms with Crippen molar-refractivity contribution in [3.8, 4) is 0 Å². The SMILES string of the molecule is CCC(COC(=O)N(CCCCN)C(C)CC(=O)[C@H](C)C[C@@](C)(OC)[C@H](OC1CC(N(C)C)CC(C)O1)C(C)C(=O)C(C)C=O)OC. The Morgan fingerprint density at radius 3 is 2.28 bits per heavy atom. The second kappa shape index (κ2) is 21.2. The predicted molar refractivity (Wildman–Crippen MR) is 181 cm³/mol. The number of ether oxygens (including phenoxy) is 5. The molecule has 1 aliphatic heterocycles. The number of aldehydes is 1. The number of methoxy groups -OCH3 is 2. The van der Waals surface area contributed by atoms with Gasteiger partial charge >= 0.3 is 6.09 Å². The average molecular weight is 672 g/mol. The molecule has 0 aliphatic carbocycles. The molecule has 0 aromatic rings. The molecule has 1 amide bonds. The zero-order valence-corrected chi connectivity index (χ0v) is 31.0. The van der Waals surface area contributed by atoms with Crippen molar-refractivity contribution < 1.29 is 42.9 Å². The zero-order chi connectivity index (χ0) is 35.9. The number of Topliss-reactive ketones (excluding diaryl/α,β-unsaturated/α-hetero) is 2. The van der Waals surface area contributed by atoms with Gasteiger partial charge in [-0.2, -0.15) is 0 Å². The highest BCUT2D eigenvalue weighted by Gasteiger charge is 2.46. The Balaban J connectivity index is 3.22. The molecule has 12 heteroatoms. The lowest BCUT2D eigenvalue weighted by Gasteiger charge is -2.45. The van der Waals surface area contributed by atoms with Gasteiger partial charge in [0.2, 0.25) is 0 Å². The number of nitrogens with two attached hydrogens (primary N) is 1. The molecule has 1 rings (SSSR count). The fourth-order valence-electron chi connectivity index (χ4n) is 6.32. The van der Waals surface area contributed by atoms with Gasteiger partial charge in [0.25, 0.3) is 0 Å². The molecule has 12 nitrogen and oxygen atoms in total. The summed E-state index contributed by atoms with van der Waals surface area (Å²) in [6.07, 6.45) is 2.41. The molecule has 0 spiro atoms. The van der Waals surface area contributed by atoms with Crippen molar-refractivity contribution in [1.29, 1.82) is 0 Å². The predicted octanol–water partition coefficient (Wildman–Crippen LogP) is 4.25. The number of rotatable bonds is 23. The third-order valence-corrected chi connectivity index (χ3v) is 9.66. The molecule has 0 radical (unpaired) electrons. The van der Waals surface area contributed by atoms with Crippen molar-refractivity contribution in [3.63, 3.8) is 0 Å². The molecule has 2 N–H and O–H groups in total. The topological polar surface area (TPSA) is 147 Å². The molecule has 1 saturated heterocycles. The smallest absolute Gasteiger partial charge is 0.410 e. The van der Waals surface area contributed by atoms with Gasteiger partial charge in [-0.3, -0.25) is 9.59 Å². The Morgan fingerprint density at radius 2 is 1.74 bits per heavy atom. The fourth-order valence-corrected chi connectivity index (χ4v) is 6.32. The fraction of sp³-hybridized carbons (Fsp3) is 0.886. The molecular weight excluding hydrogens is 606 g/mol. The average Bonchev–Trinajstić information content (AvgIpc) is 3.04. The number of nitrogens with zero attached hydrogens (tertiary/aromatic N) is 2.